The van der Waals surface area contributed by atoms with Crippen LogP contribution in [0.1, 0.15) is 44.1 Å². The molecule has 3 N–H and O–H groups in total. The Morgan fingerprint density at radius 1 is 1.08 bits per heavy atom. The molecule has 1 saturated carbocycles. The van der Waals surface area contributed by atoms with Gasteiger partial charge >= 0.3 is 5.97 Å². The molecule has 1 fully saturated rings. The fourth-order valence-electron chi connectivity index (χ4n) is 2.30. The smallest absolute Gasteiger partial charge is 0.303 e. The molecular weight excluding hydrogens is 344 g/mol. The highest BCUT2D eigenvalue weighted by molar-refractivity contribution is 7.89. The van der Waals surface area contributed by atoms with E-state index in [1.165, 1.54) is 0 Å². The first kappa shape index (κ1) is 19.4. The molecule has 8 heteroatoms. The summed E-state index contributed by atoms with van der Waals surface area (Å²) < 4.78 is 26.8. The van der Waals surface area contributed by atoms with Crippen LogP contribution < -0.4 is 10.0 Å². The quantitative estimate of drug-likeness (QED) is 0.512. The Hall–Kier alpha value is -1.93. The molecule has 0 unspecified atom stereocenters. The number of rotatable bonds is 11. The maximum atomic E-state index is 12.1. The molecule has 0 bridgehead atoms. The predicted octanol–water partition coefficient (Wildman–Crippen LogP) is 1.43. The largest absolute Gasteiger partial charge is 0.481 e. The molecule has 0 atom stereocenters. The van der Waals surface area contributed by atoms with E-state index in [1.54, 1.807) is 24.3 Å². The number of hydrogen-bond donors (Lipinski definition) is 3. The van der Waals surface area contributed by atoms with Crippen LogP contribution in [0.3, 0.4) is 0 Å². The van der Waals surface area contributed by atoms with E-state index in [1.807, 2.05) is 0 Å². The monoisotopic (exact) mass is 368 g/mol. The Bertz CT molecular complexity index is 696. The van der Waals surface area contributed by atoms with Crippen LogP contribution in [0, 0.1) is 0 Å². The summed E-state index contributed by atoms with van der Waals surface area (Å²) in [5.74, 6) is -0.924. The summed E-state index contributed by atoms with van der Waals surface area (Å²) >= 11 is 0. The van der Waals surface area contributed by atoms with Crippen LogP contribution in [0.4, 0.5) is 0 Å². The molecule has 0 aliphatic heterocycles. The zero-order valence-electron chi connectivity index (χ0n) is 14.0. The van der Waals surface area contributed by atoms with Gasteiger partial charge in [0.25, 0.3) is 0 Å². The van der Waals surface area contributed by atoms with Gasteiger partial charge in [0.1, 0.15) is 0 Å². The van der Waals surface area contributed by atoms with E-state index in [9.17, 15) is 18.0 Å². The third-order valence-electron chi connectivity index (χ3n) is 3.91. The summed E-state index contributed by atoms with van der Waals surface area (Å²) in [6.07, 6.45) is 3.91. The SMILES string of the molecule is O=C(O)CCCCNC(=O)CCc1ccc(S(=O)(=O)NC2CC2)cc1. The van der Waals surface area contributed by atoms with Gasteiger partial charge in [0.05, 0.1) is 4.90 Å². The molecule has 1 aromatic rings. The Labute approximate surface area is 147 Å². The van der Waals surface area contributed by atoms with Gasteiger partial charge in [-0.2, -0.15) is 0 Å². The lowest BCUT2D eigenvalue weighted by atomic mass is 10.1. The van der Waals surface area contributed by atoms with Crippen molar-refractivity contribution in [3.63, 3.8) is 0 Å². The summed E-state index contributed by atoms with van der Waals surface area (Å²) in [6.45, 7) is 0.468. The number of unbranched alkanes of at least 4 members (excludes halogenated alkanes) is 1. The van der Waals surface area contributed by atoms with Crippen LogP contribution in [-0.4, -0.2) is 38.0 Å². The molecule has 0 radical (unpaired) electrons. The molecule has 1 aliphatic rings. The lowest BCUT2D eigenvalue weighted by Crippen LogP contribution is -2.25. The number of benzene rings is 1. The zero-order chi connectivity index (χ0) is 18.3. The van der Waals surface area contributed by atoms with Crippen LogP contribution in [0.25, 0.3) is 0 Å². The van der Waals surface area contributed by atoms with E-state index in [0.29, 0.717) is 32.2 Å². The molecule has 2 rings (SSSR count). The highest BCUT2D eigenvalue weighted by Crippen LogP contribution is 2.22. The van der Waals surface area contributed by atoms with E-state index in [4.69, 9.17) is 5.11 Å². The van der Waals surface area contributed by atoms with Gasteiger partial charge in [-0.25, -0.2) is 13.1 Å². The number of aryl methyl sites for hydroxylation is 1. The minimum Gasteiger partial charge on any atom is -0.481 e. The van der Waals surface area contributed by atoms with E-state index >= 15 is 0 Å². The summed E-state index contributed by atoms with van der Waals surface area (Å²) in [5, 5.41) is 11.3. The van der Waals surface area contributed by atoms with Crippen molar-refractivity contribution in [1.29, 1.82) is 0 Å². The van der Waals surface area contributed by atoms with E-state index in [2.05, 4.69) is 10.0 Å². The van der Waals surface area contributed by atoms with Gasteiger partial charge in [0.2, 0.25) is 15.9 Å². The van der Waals surface area contributed by atoms with Gasteiger partial charge in [-0.1, -0.05) is 12.1 Å². The number of aliphatic carboxylic acids is 1. The minimum atomic E-state index is -3.44. The number of carboxylic acid groups (broad SMARTS) is 1. The zero-order valence-corrected chi connectivity index (χ0v) is 14.8. The second-order valence-electron chi connectivity index (χ2n) is 6.24. The molecule has 7 nitrogen and oxygen atoms in total. The molecule has 0 heterocycles. The maximum Gasteiger partial charge on any atom is 0.303 e. The standard InChI is InChI=1S/C17H24N2O5S/c20-16(18-12-2-1-3-17(21)22)11-6-13-4-9-15(10-5-13)25(23,24)19-14-7-8-14/h4-5,9-10,14,19H,1-3,6-8,11-12H2,(H,18,20)(H,21,22). The van der Waals surface area contributed by atoms with Gasteiger partial charge in [0, 0.05) is 25.4 Å². The van der Waals surface area contributed by atoms with Gasteiger partial charge in [-0.15, -0.1) is 0 Å². The number of carbonyl (C=O) groups excluding carboxylic acids is 1. The number of hydrogen-bond acceptors (Lipinski definition) is 4. The molecule has 25 heavy (non-hydrogen) atoms. The van der Waals surface area contributed by atoms with Crippen LogP contribution in [-0.2, 0) is 26.0 Å². The van der Waals surface area contributed by atoms with Crippen LogP contribution >= 0.6 is 0 Å². The number of carboxylic acids is 1. The van der Waals surface area contributed by atoms with Gasteiger partial charge in [-0.05, 0) is 49.8 Å². The summed E-state index contributed by atoms with van der Waals surface area (Å²) in [5.41, 5.74) is 0.895. The molecule has 0 aromatic heterocycles. The van der Waals surface area contributed by atoms with Crippen molar-refractivity contribution < 1.29 is 23.1 Å². The maximum absolute atomic E-state index is 12.1. The lowest BCUT2D eigenvalue weighted by molar-refractivity contribution is -0.137. The highest BCUT2D eigenvalue weighted by atomic mass is 32.2. The first-order valence-corrected chi connectivity index (χ1v) is 9.95. The van der Waals surface area contributed by atoms with Crippen molar-refractivity contribution in [2.45, 2.75) is 55.9 Å². The Kier molecular flexibility index (Phi) is 6.95. The van der Waals surface area contributed by atoms with E-state index < -0.39 is 16.0 Å². The Morgan fingerprint density at radius 2 is 1.76 bits per heavy atom. The first-order valence-electron chi connectivity index (χ1n) is 8.46. The minimum absolute atomic E-state index is 0.0730. The molecule has 0 spiro atoms. The third-order valence-corrected chi connectivity index (χ3v) is 5.45. The third kappa shape index (κ3) is 7.23. The van der Waals surface area contributed by atoms with Gasteiger partial charge in [-0.3, -0.25) is 9.59 Å². The van der Waals surface area contributed by atoms with Crippen LogP contribution in [0.2, 0.25) is 0 Å². The number of nitrogens with one attached hydrogen (secondary N) is 2. The topological polar surface area (TPSA) is 113 Å². The van der Waals surface area contributed by atoms with Crippen molar-refractivity contribution >= 4 is 21.9 Å². The molecule has 138 valence electrons. The Balaban J connectivity index is 1.70. The van der Waals surface area contributed by atoms with Crippen LogP contribution in [0.5, 0.6) is 0 Å². The van der Waals surface area contributed by atoms with Crippen LogP contribution in [0.15, 0.2) is 29.2 Å². The molecule has 1 aromatic carbocycles. The summed E-state index contributed by atoms with van der Waals surface area (Å²) in [4.78, 5) is 22.3. The fraction of sp³-hybridized carbons (Fsp3) is 0.529. The number of sulfonamides is 1. The molecule has 0 saturated heterocycles. The van der Waals surface area contributed by atoms with Gasteiger partial charge in [0.15, 0.2) is 0 Å². The van der Waals surface area contributed by atoms with Gasteiger partial charge < -0.3 is 10.4 Å². The van der Waals surface area contributed by atoms with Crippen molar-refractivity contribution in [2.75, 3.05) is 6.54 Å². The highest BCUT2D eigenvalue weighted by Gasteiger charge is 2.27. The second-order valence-corrected chi connectivity index (χ2v) is 7.95. The summed E-state index contributed by atoms with van der Waals surface area (Å²) in [6, 6.07) is 6.64. The van der Waals surface area contributed by atoms with E-state index in [-0.39, 0.29) is 23.3 Å². The molecule has 1 aliphatic carbocycles. The first-order chi connectivity index (χ1) is 11.9. The average Bonchev–Trinajstić information content (AvgIpc) is 3.36. The van der Waals surface area contributed by atoms with Crippen molar-refractivity contribution in [2.24, 2.45) is 0 Å². The van der Waals surface area contributed by atoms with E-state index in [0.717, 1.165) is 18.4 Å². The van der Waals surface area contributed by atoms with Crippen molar-refractivity contribution in [1.82, 2.24) is 10.0 Å². The number of amides is 1. The molecule has 1 amide bonds. The lowest BCUT2D eigenvalue weighted by Gasteiger charge is -2.07. The van der Waals surface area contributed by atoms with Crippen molar-refractivity contribution in [3.8, 4) is 0 Å². The normalized spacial score (nSPS) is 14.2. The van der Waals surface area contributed by atoms with Crippen molar-refractivity contribution in [3.05, 3.63) is 29.8 Å². The Morgan fingerprint density at radius 3 is 2.36 bits per heavy atom. The molecular formula is C17H24N2O5S. The number of carbonyl (C=O) groups is 2. The fourth-order valence-corrected chi connectivity index (χ4v) is 3.60. The second kappa shape index (κ2) is 8.96. The summed E-state index contributed by atoms with van der Waals surface area (Å²) in [7, 11) is -3.44. The average molecular weight is 368 g/mol. The predicted molar refractivity (Wildman–Crippen MR) is 92.6 cm³/mol.